The van der Waals surface area contributed by atoms with E-state index in [0.29, 0.717) is 13.1 Å². The van der Waals surface area contributed by atoms with E-state index in [9.17, 15) is 9.18 Å². The number of amides is 1. The molecule has 0 aliphatic carbocycles. The molecule has 28 heavy (non-hydrogen) atoms. The highest BCUT2D eigenvalue weighted by Gasteiger charge is 2.15. The minimum absolute atomic E-state index is 0.0351. The molecular formula is C23H26FN2O2+. The van der Waals surface area contributed by atoms with Crippen molar-refractivity contribution >= 4 is 16.7 Å². The number of hydrogen-bond acceptors (Lipinski definition) is 2. The summed E-state index contributed by atoms with van der Waals surface area (Å²) in [6.45, 7) is 2.85. The van der Waals surface area contributed by atoms with E-state index in [1.807, 2.05) is 38.2 Å². The van der Waals surface area contributed by atoms with E-state index in [4.69, 9.17) is 4.74 Å². The predicted molar refractivity (Wildman–Crippen MR) is 109 cm³/mol. The van der Waals surface area contributed by atoms with E-state index in [1.54, 1.807) is 6.07 Å². The molecule has 2 atom stereocenters. The summed E-state index contributed by atoms with van der Waals surface area (Å²) in [6.07, 6.45) is 0. The highest BCUT2D eigenvalue weighted by Crippen LogP contribution is 2.20. The smallest absolute Gasteiger partial charge is 0.275 e. The second-order valence-electron chi connectivity index (χ2n) is 7.18. The van der Waals surface area contributed by atoms with Gasteiger partial charge < -0.3 is 15.0 Å². The zero-order chi connectivity index (χ0) is 20.1. The SMILES string of the molecule is COc1ccc(C[NH+](C)CC(=O)N[C@H](C)c2ccc3ccccc3c2)cc1F. The van der Waals surface area contributed by atoms with Gasteiger partial charge in [-0.25, -0.2) is 4.39 Å². The van der Waals surface area contributed by atoms with Crippen molar-refractivity contribution in [3.8, 4) is 5.75 Å². The van der Waals surface area contributed by atoms with Crippen molar-refractivity contribution in [3.05, 3.63) is 77.6 Å². The van der Waals surface area contributed by atoms with E-state index in [-0.39, 0.29) is 23.5 Å². The summed E-state index contributed by atoms with van der Waals surface area (Å²) in [5, 5.41) is 5.39. The number of likely N-dealkylation sites (N-methyl/N-ethyl adjacent to an activating group) is 1. The van der Waals surface area contributed by atoms with Crippen LogP contribution < -0.4 is 15.0 Å². The number of ether oxygens (including phenoxy) is 1. The monoisotopic (exact) mass is 381 g/mol. The number of halogens is 1. The minimum atomic E-state index is -0.387. The number of carbonyl (C=O) groups excluding carboxylic acids is 1. The van der Waals surface area contributed by atoms with Gasteiger partial charge in [0.05, 0.1) is 20.2 Å². The average molecular weight is 381 g/mol. The van der Waals surface area contributed by atoms with Crippen molar-refractivity contribution in [2.75, 3.05) is 20.7 Å². The largest absolute Gasteiger partial charge is 0.494 e. The van der Waals surface area contributed by atoms with Crippen LogP contribution in [0.25, 0.3) is 10.8 Å². The third-order valence-corrected chi connectivity index (χ3v) is 4.84. The van der Waals surface area contributed by atoms with E-state index in [1.165, 1.54) is 18.6 Å². The molecule has 0 bridgehead atoms. The van der Waals surface area contributed by atoms with Crippen molar-refractivity contribution in [2.24, 2.45) is 0 Å². The van der Waals surface area contributed by atoms with Crippen LogP contribution in [-0.4, -0.2) is 26.6 Å². The number of hydrogen-bond donors (Lipinski definition) is 2. The zero-order valence-electron chi connectivity index (χ0n) is 16.5. The third kappa shape index (κ3) is 4.87. The molecule has 5 heteroatoms. The Kier molecular flexibility index (Phi) is 6.26. The van der Waals surface area contributed by atoms with Gasteiger partial charge in [0.25, 0.3) is 5.91 Å². The standard InChI is InChI=1S/C23H25FN2O2/c1-16(19-10-9-18-6-4-5-7-20(18)13-19)25-23(27)15-26(2)14-17-8-11-22(28-3)21(24)12-17/h4-13,16H,14-15H2,1-3H3,(H,25,27)/p+1/t16-/m1/s1. The summed E-state index contributed by atoms with van der Waals surface area (Å²) < 4.78 is 18.8. The van der Waals surface area contributed by atoms with Crippen molar-refractivity contribution in [1.82, 2.24) is 5.32 Å². The Morgan fingerprint density at radius 2 is 1.86 bits per heavy atom. The molecule has 146 valence electrons. The molecule has 3 aromatic carbocycles. The maximum Gasteiger partial charge on any atom is 0.275 e. The van der Waals surface area contributed by atoms with E-state index in [0.717, 1.165) is 21.4 Å². The lowest BCUT2D eigenvalue weighted by Gasteiger charge is -2.18. The van der Waals surface area contributed by atoms with Crippen molar-refractivity contribution in [2.45, 2.75) is 19.5 Å². The molecule has 1 amide bonds. The lowest BCUT2D eigenvalue weighted by atomic mass is 10.0. The summed E-state index contributed by atoms with van der Waals surface area (Å²) in [5.74, 6) is -0.197. The van der Waals surface area contributed by atoms with Crippen LogP contribution in [0.2, 0.25) is 0 Å². The van der Waals surface area contributed by atoms with Gasteiger partial charge in [0.2, 0.25) is 0 Å². The quantitative estimate of drug-likeness (QED) is 0.661. The molecule has 0 saturated carbocycles. The lowest BCUT2D eigenvalue weighted by molar-refractivity contribution is -0.885. The third-order valence-electron chi connectivity index (χ3n) is 4.84. The van der Waals surface area contributed by atoms with Gasteiger partial charge in [-0.3, -0.25) is 4.79 Å². The summed E-state index contributed by atoms with van der Waals surface area (Å²) in [5.41, 5.74) is 1.90. The summed E-state index contributed by atoms with van der Waals surface area (Å²) in [6, 6.07) is 19.2. The Balaban J connectivity index is 1.57. The number of benzene rings is 3. The minimum Gasteiger partial charge on any atom is -0.494 e. The van der Waals surface area contributed by atoms with Crippen LogP contribution in [-0.2, 0) is 11.3 Å². The molecule has 0 spiro atoms. The summed E-state index contributed by atoms with van der Waals surface area (Å²) >= 11 is 0. The molecule has 2 N–H and O–H groups in total. The second-order valence-corrected chi connectivity index (χ2v) is 7.18. The summed E-state index contributed by atoms with van der Waals surface area (Å²) in [4.78, 5) is 13.4. The van der Waals surface area contributed by atoms with Crippen LogP contribution in [0.5, 0.6) is 5.75 Å². The fraction of sp³-hybridized carbons (Fsp3) is 0.261. The number of rotatable bonds is 7. The maximum absolute atomic E-state index is 13.8. The first-order valence-corrected chi connectivity index (χ1v) is 9.38. The highest BCUT2D eigenvalue weighted by molar-refractivity contribution is 5.83. The molecule has 0 fully saturated rings. The first kappa shape index (κ1) is 19.8. The maximum atomic E-state index is 13.8. The molecule has 0 saturated heterocycles. The first-order valence-electron chi connectivity index (χ1n) is 9.38. The topological polar surface area (TPSA) is 42.8 Å². The molecule has 0 heterocycles. The second kappa shape index (κ2) is 8.85. The van der Waals surface area contributed by atoms with Crippen molar-refractivity contribution in [3.63, 3.8) is 0 Å². The highest BCUT2D eigenvalue weighted by atomic mass is 19.1. The molecule has 4 nitrogen and oxygen atoms in total. The fourth-order valence-electron chi connectivity index (χ4n) is 3.36. The molecule has 3 rings (SSSR count). The number of quaternary nitrogens is 1. The Bertz CT molecular complexity index is 974. The van der Waals surface area contributed by atoms with Gasteiger partial charge in [0, 0.05) is 5.56 Å². The van der Waals surface area contributed by atoms with Gasteiger partial charge in [-0.15, -0.1) is 0 Å². The number of carbonyl (C=O) groups is 1. The Hall–Kier alpha value is -2.92. The molecule has 0 aliphatic heterocycles. The van der Waals surface area contributed by atoms with Gasteiger partial charge in [-0.05, 0) is 47.5 Å². The fourth-order valence-corrected chi connectivity index (χ4v) is 3.36. The van der Waals surface area contributed by atoms with Crippen LogP contribution >= 0.6 is 0 Å². The Morgan fingerprint density at radius 3 is 2.57 bits per heavy atom. The molecular weight excluding hydrogens is 355 g/mol. The van der Waals surface area contributed by atoms with Crippen molar-refractivity contribution in [1.29, 1.82) is 0 Å². The number of nitrogens with one attached hydrogen (secondary N) is 2. The Morgan fingerprint density at radius 1 is 1.11 bits per heavy atom. The Labute approximate surface area is 164 Å². The molecule has 0 radical (unpaired) electrons. The number of methoxy groups -OCH3 is 1. The zero-order valence-corrected chi connectivity index (χ0v) is 16.5. The molecule has 1 unspecified atom stereocenters. The van der Waals surface area contributed by atoms with Crippen LogP contribution in [0.15, 0.2) is 60.7 Å². The summed E-state index contributed by atoms with van der Waals surface area (Å²) in [7, 11) is 3.36. The number of fused-ring (bicyclic) bond motifs is 1. The van der Waals surface area contributed by atoms with Crippen LogP contribution in [0.4, 0.5) is 4.39 Å². The van der Waals surface area contributed by atoms with Gasteiger partial charge in [0.1, 0.15) is 6.54 Å². The molecule has 0 aromatic heterocycles. The van der Waals surface area contributed by atoms with Gasteiger partial charge in [0.15, 0.2) is 18.1 Å². The first-order chi connectivity index (χ1) is 13.5. The molecule has 0 aliphatic rings. The predicted octanol–water partition coefficient (Wildman–Crippen LogP) is 2.88. The van der Waals surface area contributed by atoms with Gasteiger partial charge >= 0.3 is 0 Å². The molecule has 3 aromatic rings. The van der Waals surface area contributed by atoms with E-state index >= 15 is 0 Å². The van der Waals surface area contributed by atoms with E-state index in [2.05, 4.69) is 29.6 Å². The van der Waals surface area contributed by atoms with Crippen molar-refractivity contribution < 1.29 is 18.8 Å². The lowest BCUT2D eigenvalue weighted by Crippen LogP contribution is -3.08. The van der Waals surface area contributed by atoms with Gasteiger partial charge in [-0.1, -0.05) is 36.4 Å². The van der Waals surface area contributed by atoms with Gasteiger partial charge in [-0.2, -0.15) is 0 Å². The van der Waals surface area contributed by atoms with Crippen LogP contribution in [0.1, 0.15) is 24.1 Å². The van der Waals surface area contributed by atoms with E-state index < -0.39 is 0 Å². The normalized spacial score (nSPS) is 13.1. The van der Waals surface area contributed by atoms with Crippen LogP contribution in [0.3, 0.4) is 0 Å². The van der Waals surface area contributed by atoms with Crippen LogP contribution in [0, 0.1) is 5.82 Å². The average Bonchev–Trinajstić information content (AvgIpc) is 2.67.